The van der Waals surface area contributed by atoms with E-state index in [4.69, 9.17) is 9.72 Å². The summed E-state index contributed by atoms with van der Waals surface area (Å²) in [6, 6.07) is 6.15. The van der Waals surface area contributed by atoms with E-state index in [2.05, 4.69) is 50.2 Å². The number of benzene rings is 1. The van der Waals surface area contributed by atoms with Gasteiger partial charge < -0.3 is 19.4 Å². The molecule has 1 aromatic carbocycles. The van der Waals surface area contributed by atoms with Gasteiger partial charge in [0.05, 0.1) is 30.6 Å². The monoisotopic (exact) mass is 427 g/mol. The smallest absolute Gasteiger partial charge is 0.180 e. The number of ether oxygens (including phenoxy) is 1. The molecule has 8 nitrogen and oxygen atoms in total. The van der Waals surface area contributed by atoms with Crippen LogP contribution in [0.15, 0.2) is 79.2 Å². The van der Waals surface area contributed by atoms with Crippen LogP contribution in [0, 0.1) is 0 Å². The van der Waals surface area contributed by atoms with Crippen molar-refractivity contribution in [3.8, 4) is 11.3 Å². The van der Waals surface area contributed by atoms with E-state index in [-0.39, 0.29) is 0 Å². The van der Waals surface area contributed by atoms with E-state index in [0.29, 0.717) is 5.82 Å². The quantitative estimate of drug-likeness (QED) is 0.453. The molecule has 0 atom stereocenters. The second-order valence-electron chi connectivity index (χ2n) is 7.67. The summed E-state index contributed by atoms with van der Waals surface area (Å²) in [6.07, 6.45) is 13.5. The molecule has 2 N–H and O–H groups in total. The summed E-state index contributed by atoms with van der Waals surface area (Å²) in [6.45, 7) is 9.20. The van der Waals surface area contributed by atoms with Gasteiger partial charge in [-0.15, -0.1) is 0 Å². The van der Waals surface area contributed by atoms with Crippen LogP contribution in [0.25, 0.3) is 27.8 Å². The van der Waals surface area contributed by atoms with Crippen LogP contribution < -0.4 is 5.32 Å². The van der Waals surface area contributed by atoms with E-state index in [1.807, 2.05) is 48.1 Å². The number of fused-ring (bicyclic) bond motifs is 2. The van der Waals surface area contributed by atoms with Crippen LogP contribution in [-0.2, 0) is 4.74 Å². The molecule has 8 heteroatoms. The Bertz CT molecular complexity index is 1320. The number of nitrogens with zero attached hydrogens (tertiary/aromatic N) is 5. The maximum atomic E-state index is 5.45. The minimum absolute atomic E-state index is 0.700. The van der Waals surface area contributed by atoms with Crippen molar-refractivity contribution in [2.75, 3.05) is 31.6 Å². The third kappa shape index (κ3) is 4.00. The maximum absolute atomic E-state index is 5.45. The number of nitrogens with one attached hydrogen (secondary N) is 2. The van der Waals surface area contributed by atoms with Crippen molar-refractivity contribution >= 4 is 22.4 Å². The normalized spacial score (nSPS) is 15.5. The van der Waals surface area contributed by atoms with Gasteiger partial charge in [0.2, 0.25) is 0 Å². The molecular formula is C24H25N7O. The van der Waals surface area contributed by atoms with E-state index in [1.54, 1.807) is 6.20 Å². The summed E-state index contributed by atoms with van der Waals surface area (Å²) >= 11 is 0. The Morgan fingerprint density at radius 2 is 2.12 bits per heavy atom. The van der Waals surface area contributed by atoms with Gasteiger partial charge in [-0.25, -0.2) is 9.97 Å². The van der Waals surface area contributed by atoms with E-state index < -0.39 is 0 Å². The van der Waals surface area contributed by atoms with Crippen LogP contribution in [0.2, 0.25) is 0 Å². The maximum Gasteiger partial charge on any atom is 0.180 e. The van der Waals surface area contributed by atoms with Crippen molar-refractivity contribution in [2.45, 2.75) is 6.92 Å². The topological polar surface area (TPSA) is 83.4 Å². The fraction of sp³-hybridized carbons (Fsp3) is 0.208. The van der Waals surface area contributed by atoms with Crippen LogP contribution in [-0.4, -0.2) is 55.8 Å². The molecule has 0 amide bonds. The molecule has 5 rings (SSSR count). The highest BCUT2D eigenvalue weighted by atomic mass is 16.5. The van der Waals surface area contributed by atoms with Crippen LogP contribution in [0.1, 0.15) is 6.92 Å². The van der Waals surface area contributed by atoms with Crippen molar-refractivity contribution in [1.29, 1.82) is 0 Å². The third-order valence-corrected chi connectivity index (χ3v) is 5.52. The lowest BCUT2D eigenvalue weighted by Gasteiger charge is -2.29. The molecule has 0 spiro atoms. The number of H-pyrrole nitrogens is 1. The minimum Gasteiger partial charge on any atom is -0.378 e. The number of aromatic amines is 1. The van der Waals surface area contributed by atoms with Gasteiger partial charge in [0.15, 0.2) is 11.5 Å². The second kappa shape index (κ2) is 8.68. The molecule has 0 saturated carbocycles. The average Bonchev–Trinajstić information content (AvgIpc) is 3.49. The standard InChI is InChI=1S/C24H25N7O/c1-3-20(30-10-12-32-13-11-30)7-4-17(2)27-23-24-25-8-9-31(24)16-22(28-23)18-5-6-19-15-26-29-21(19)14-18/h3-9,14-16H,1,10-13H2,2H3,(H,26,29)(H,27,28)/b17-4+,20-7+. The molecule has 1 aliphatic rings. The first-order valence-corrected chi connectivity index (χ1v) is 10.6. The first kappa shape index (κ1) is 20.0. The van der Waals surface area contributed by atoms with Gasteiger partial charge in [-0.3, -0.25) is 5.10 Å². The summed E-state index contributed by atoms with van der Waals surface area (Å²) in [5.74, 6) is 0.700. The summed E-state index contributed by atoms with van der Waals surface area (Å²) < 4.78 is 7.43. The molecule has 1 saturated heterocycles. The highest BCUT2D eigenvalue weighted by Gasteiger charge is 2.12. The number of aromatic nitrogens is 5. The minimum atomic E-state index is 0.700. The first-order valence-electron chi connectivity index (χ1n) is 10.6. The zero-order chi connectivity index (χ0) is 21.9. The van der Waals surface area contributed by atoms with Crippen LogP contribution in [0.5, 0.6) is 0 Å². The molecule has 4 aromatic rings. The summed E-state index contributed by atoms with van der Waals surface area (Å²) in [5, 5.41) is 11.6. The highest BCUT2D eigenvalue weighted by molar-refractivity contribution is 5.83. The van der Waals surface area contributed by atoms with Gasteiger partial charge >= 0.3 is 0 Å². The van der Waals surface area contributed by atoms with Crippen molar-refractivity contribution < 1.29 is 4.74 Å². The van der Waals surface area contributed by atoms with Gasteiger partial charge in [-0.1, -0.05) is 18.7 Å². The number of rotatable bonds is 6. The molecule has 3 aromatic heterocycles. The summed E-state index contributed by atoms with van der Waals surface area (Å²) in [4.78, 5) is 11.6. The van der Waals surface area contributed by atoms with Gasteiger partial charge in [-0.05, 0) is 31.2 Å². The number of hydrogen-bond acceptors (Lipinski definition) is 6. The zero-order valence-electron chi connectivity index (χ0n) is 18.0. The van der Waals surface area contributed by atoms with Gasteiger partial charge in [0.25, 0.3) is 0 Å². The Balaban J connectivity index is 1.45. The van der Waals surface area contributed by atoms with Crippen LogP contribution in [0.3, 0.4) is 0 Å². The molecule has 32 heavy (non-hydrogen) atoms. The highest BCUT2D eigenvalue weighted by Crippen LogP contribution is 2.25. The number of allylic oxidation sites excluding steroid dienone is 4. The van der Waals surface area contributed by atoms with Crippen LogP contribution in [0.4, 0.5) is 5.82 Å². The second-order valence-corrected chi connectivity index (χ2v) is 7.67. The lowest BCUT2D eigenvalue weighted by molar-refractivity contribution is 0.0554. The van der Waals surface area contributed by atoms with E-state index in [0.717, 1.165) is 65.5 Å². The van der Waals surface area contributed by atoms with Gasteiger partial charge in [0.1, 0.15) is 0 Å². The largest absolute Gasteiger partial charge is 0.378 e. The van der Waals surface area contributed by atoms with Gasteiger partial charge in [0, 0.05) is 54.0 Å². The lowest BCUT2D eigenvalue weighted by atomic mass is 10.1. The molecule has 1 fully saturated rings. The average molecular weight is 428 g/mol. The van der Waals surface area contributed by atoms with Crippen molar-refractivity contribution in [2.24, 2.45) is 0 Å². The molecule has 0 unspecified atom stereocenters. The first-order chi connectivity index (χ1) is 15.7. The number of imidazole rings is 1. The summed E-state index contributed by atoms with van der Waals surface area (Å²) in [7, 11) is 0. The Morgan fingerprint density at radius 3 is 2.97 bits per heavy atom. The molecular weight excluding hydrogens is 402 g/mol. The van der Waals surface area contributed by atoms with Gasteiger partial charge in [-0.2, -0.15) is 5.10 Å². The lowest BCUT2D eigenvalue weighted by Crippen LogP contribution is -2.35. The van der Waals surface area contributed by atoms with Crippen molar-refractivity contribution in [3.63, 3.8) is 0 Å². The fourth-order valence-corrected chi connectivity index (χ4v) is 3.81. The predicted octanol–water partition coefficient (Wildman–Crippen LogP) is 3.99. The Morgan fingerprint density at radius 1 is 1.25 bits per heavy atom. The SMILES string of the molecule is C=C/C(=C\C=C(/C)Nc1nc(-c2ccc3cn[nH]c3c2)cn2ccnc12)N1CCOCC1. The Hall–Kier alpha value is -3.91. The third-order valence-electron chi connectivity index (χ3n) is 5.52. The number of hydrogen-bond donors (Lipinski definition) is 2. The number of anilines is 1. The van der Waals surface area contributed by atoms with E-state index >= 15 is 0 Å². The Kier molecular flexibility index (Phi) is 5.43. The number of morpholine rings is 1. The van der Waals surface area contributed by atoms with E-state index in [1.165, 1.54) is 0 Å². The van der Waals surface area contributed by atoms with Crippen molar-refractivity contribution in [3.05, 3.63) is 79.2 Å². The molecule has 0 aliphatic carbocycles. The van der Waals surface area contributed by atoms with E-state index in [9.17, 15) is 0 Å². The fourth-order valence-electron chi connectivity index (χ4n) is 3.81. The zero-order valence-corrected chi connectivity index (χ0v) is 18.0. The van der Waals surface area contributed by atoms with Crippen LogP contribution >= 0.6 is 0 Å². The molecule has 0 bridgehead atoms. The molecule has 4 heterocycles. The van der Waals surface area contributed by atoms with Crippen molar-refractivity contribution in [1.82, 2.24) is 29.5 Å². The Labute approximate surface area is 185 Å². The predicted molar refractivity (Wildman–Crippen MR) is 126 cm³/mol. The molecule has 1 aliphatic heterocycles. The summed E-state index contributed by atoms with van der Waals surface area (Å²) in [5.41, 5.74) is 5.63. The molecule has 162 valence electrons. The molecule has 0 radical (unpaired) electrons.